The third-order valence-corrected chi connectivity index (χ3v) is 4.70. The second kappa shape index (κ2) is 11.0. The Morgan fingerprint density at radius 3 is 2.39 bits per heavy atom. The molecule has 0 aliphatic rings. The van der Waals surface area contributed by atoms with Crippen molar-refractivity contribution in [3.8, 4) is 5.75 Å². The lowest BCUT2D eigenvalue weighted by molar-refractivity contribution is 0.340. The van der Waals surface area contributed by atoms with Crippen molar-refractivity contribution in [2.75, 3.05) is 33.5 Å². The van der Waals surface area contributed by atoms with Gasteiger partial charge in [0.05, 0.1) is 6.61 Å². The molecule has 23 heavy (non-hydrogen) atoms. The summed E-state index contributed by atoms with van der Waals surface area (Å²) in [6.45, 7) is 8.84. The molecule has 0 amide bonds. The minimum Gasteiger partial charge on any atom is -0.494 e. The Morgan fingerprint density at radius 1 is 1.30 bits per heavy atom. The number of hydrogen-bond acceptors (Lipinski definition) is 3. The van der Waals surface area contributed by atoms with Gasteiger partial charge in [-0.1, -0.05) is 12.1 Å². The molecule has 0 radical (unpaired) electrons. The third kappa shape index (κ3) is 8.15. The zero-order chi connectivity index (χ0) is 16.6. The van der Waals surface area contributed by atoms with Gasteiger partial charge in [0.2, 0.25) is 0 Å². The Balaban J connectivity index is 0.00000484. The van der Waals surface area contributed by atoms with Crippen LogP contribution in [-0.4, -0.2) is 49.1 Å². The molecule has 0 spiro atoms. The van der Waals surface area contributed by atoms with Crippen molar-refractivity contribution in [1.29, 1.82) is 0 Å². The van der Waals surface area contributed by atoms with E-state index >= 15 is 0 Å². The van der Waals surface area contributed by atoms with Gasteiger partial charge in [0, 0.05) is 31.9 Å². The molecule has 0 aromatic heterocycles. The first-order chi connectivity index (χ1) is 10.4. The van der Waals surface area contributed by atoms with Crippen molar-refractivity contribution in [3.63, 3.8) is 0 Å². The first kappa shape index (κ1) is 22.4. The van der Waals surface area contributed by atoms with Crippen molar-refractivity contribution in [3.05, 3.63) is 29.8 Å². The Kier molecular flexibility index (Phi) is 10.7. The molecule has 1 aromatic rings. The number of thioether (sulfide) groups is 1. The van der Waals surface area contributed by atoms with Crippen LogP contribution in [0.4, 0.5) is 0 Å². The predicted molar refractivity (Wildman–Crippen MR) is 113 cm³/mol. The molecule has 0 bridgehead atoms. The molecule has 0 unspecified atom stereocenters. The summed E-state index contributed by atoms with van der Waals surface area (Å²) in [5, 5.41) is 3.44. The van der Waals surface area contributed by atoms with Gasteiger partial charge in [0.1, 0.15) is 5.75 Å². The van der Waals surface area contributed by atoms with Crippen molar-refractivity contribution >= 4 is 41.7 Å². The summed E-state index contributed by atoms with van der Waals surface area (Å²) in [4.78, 5) is 6.50. The highest BCUT2D eigenvalue weighted by molar-refractivity contribution is 14.0. The normalized spacial score (nSPS) is 11.7. The summed E-state index contributed by atoms with van der Waals surface area (Å²) in [5.41, 5.74) is 1.23. The van der Waals surface area contributed by atoms with E-state index in [4.69, 9.17) is 4.74 Å². The summed E-state index contributed by atoms with van der Waals surface area (Å²) in [5.74, 6) is 1.83. The van der Waals surface area contributed by atoms with Crippen LogP contribution in [0.2, 0.25) is 0 Å². The highest BCUT2D eigenvalue weighted by Crippen LogP contribution is 2.19. The number of halogens is 1. The Hall–Kier alpha value is -0.630. The topological polar surface area (TPSA) is 36.9 Å². The Labute approximate surface area is 162 Å². The average molecular weight is 451 g/mol. The number of ether oxygens (including phenoxy) is 1. The average Bonchev–Trinajstić information content (AvgIpc) is 2.50. The monoisotopic (exact) mass is 451 g/mol. The first-order valence-corrected chi connectivity index (χ1v) is 8.83. The second-order valence-electron chi connectivity index (χ2n) is 5.80. The quantitative estimate of drug-likeness (QED) is 0.388. The van der Waals surface area contributed by atoms with Gasteiger partial charge in [0.15, 0.2) is 5.96 Å². The standard InChI is InChI=1S/C17H29N3OS.HI/c1-7-21-15-10-8-14(9-11-15)12-20(5)16(18-4)19-13-17(2,3)22-6;/h8-11H,7,12-13H2,1-6H3,(H,18,19);1H. The van der Waals surface area contributed by atoms with Gasteiger partial charge in [-0.05, 0) is 44.7 Å². The van der Waals surface area contributed by atoms with Crippen LogP contribution in [0.5, 0.6) is 5.75 Å². The number of guanidine groups is 1. The lowest BCUT2D eigenvalue weighted by Crippen LogP contribution is -2.43. The summed E-state index contributed by atoms with van der Waals surface area (Å²) in [6.07, 6.45) is 2.13. The van der Waals surface area contributed by atoms with Gasteiger partial charge in [-0.25, -0.2) is 0 Å². The minimum absolute atomic E-state index is 0. The maximum atomic E-state index is 5.47. The molecular formula is C17H30IN3OS. The van der Waals surface area contributed by atoms with E-state index in [1.165, 1.54) is 5.56 Å². The number of nitrogens with zero attached hydrogens (tertiary/aromatic N) is 2. The fourth-order valence-corrected chi connectivity index (χ4v) is 2.17. The number of hydrogen-bond donors (Lipinski definition) is 1. The fourth-order valence-electron chi connectivity index (χ4n) is 1.96. The van der Waals surface area contributed by atoms with Crippen molar-refractivity contribution in [2.45, 2.75) is 32.1 Å². The number of aliphatic imine (C=N–C) groups is 1. The molecule has 4 nitrogen and oxygen atoms in total. The third-order valence-electron chi connectivity index (χ3n) is 3.45. The molecule has 0 heterocycles. The van der Waals surface area contributed by atoms with Gasteiger partial charge in [-0.3, -0.25) is 4.99 Å². The van der Waals surface area contributed by atoms with Gasteiger partial charge in [0.25, 0.3) is 0 Å². The molecule has 0 aliphatic heterocycles. The van der Waals surface area contributed by atoms with E-state index in [0.29, 0.717) is 6.61 Å². The zero-order valence-electron chi connectivity index (χ0n) is 15.0. The molecule has 0 aliphatic carbocycles. The number of nitrogens with one attached hydrogen (secondary N) is 1. The molecule has 1 rings (SSSR count). The molecule has 132 valence electrons. The largest absolute Gasteiger partial charge is 0.494 e. The SMILES string of the molecule is CCOc1ccc(CN(C)C(=NC)NCC(C)(C)SC)cc1.I. The first-order valence-electron chi connectivity index (χ1n) is 7.60. The van der Waals surface area contributed by atoms with E-state index in [9.17, 15) is 0 Å². The molecule has 0 saturated heterocycles. The molecule has 0 atom stereocenters. The molecular weight excluding hydrogens is 421 g/mol. The molecule has 6 heteroatoms. The van der Waals surface area contributed by atoms with Gasteiger partial charge in [-0.2, -0.15) is 11.8 Å². The number of benzene rings is 1. The van der Waals surface area contributed by atoms with Gasteiger partial charge >= 0.3 is 0 Å². The second-order valence-corrected chi connectivity index (χ2v) is 7.31. The van der Waals surface area contributed by atoms with E-state index in [1.807, 2.05) is 37.9 Å². The Bertz CT molecular complexity index is 477. The van der Waals surface area contributed by atoms with E-state index < -0.39 is 0 Å². The van der Waals surface area contributed by atoms with Crippen LogP contribution in [-0.2, 0) is 6.54 Å². The van der Waals surface area contributed by atoms with E-state index in [0.717, 1.165) is 24.8 Å². The molecule has 0 fully saturated rings. The maximum Gasteiger partial charge on any atom is 0.193 e. The highest BCUT2D eigenvalue weighted by atomic mass is 127. The summed E-state index contributed by atoms with van der Waals surface area (Å²) in [6, 6.07) is 8.22. The molecule has 1 aromatic carbocycles. The van der Waals surface area contributed by atoms with Crippen molar-refractivity contribution < 1.29 is 4.74 Å². The van der Waals surface area contributed by atoms with Crippen molar-refractivity contribution in [1.82, 2.24) is 10.2 Å². The number of rotatable bonds is 7. The summed E-state index contributed by atoms with van der Waals surface area (Å²) < 4.78 is 5.66. The smallest absolute Gasteiger partial charge is 0.193 e. The van der Waals surface area contributed by atoms with Crippen LogP contribution < -0.4 is 10.1 Å². The molecule has 1 N–H and O–H groups in total. The Morgan fingerprint density at radius 2 is 1.91 bits per heavy atom. The fraction of sp³-hybridized carbons (Fsp3) is 0.588. The summed E-state index contributed by atoms with van der Waals surface area (Å²) >= 11 is 1.85. The lowest BCUT2D eigenvalue weighted by Gasteiger charge is -2.27. The van der Waals surface area contributed by atoms with Crippen LogP contribution in [0.1, 0.15) is 26.3 Å². The molecule has 0 saturated carbocycles. The van der Waals surface area contributed by atoms with E-state index in [2.05, 4.69) is 54.5 Å². The zero-order valence-corrected chi connectivity index (χ0v) is 18.2. The predicted octanol–water partition coefficient (Wildman–Crippen LogP) is 3.85. The van der Waals surface area contributed by atoms with Gasteiger partial charge < -0.3 is 15.0 Å². The van der Waals surface area contributed by atoms with Crippen molar-refractivity contribution in [2.24, 2.45) is 4.99 Å². The minimum atomic E-state index is 0. The van der Waals surface area contributed by atoms with E-state index in [-0.39, 0.29) is 28.7 Å². The van der Waals surface area contributed by atoms with Crippen LogP contribution in [0.3, 0.4) is 0 Å². The van der Waals surface area contributed by atoms with Crippen LogP contribution in [0.25, 0.3) is 0 Å². The lowest BCUT2D eigenvalue weighted by atomic mass is 10.2. The van der Waals surface area contributed by atoms with E-state index in [1.54, 1.807) is 0 Å². The highest BCUT2D eigenvalue weighted by Gasteiger charge is 2.17. The summed E-state index contributed by atoms with van der Waals surface area (Å²) in [7, 11) is 3.88. The van der Waals surface area contributed by atoms with Crippen LogP contribution in [0, 0.1) is 0 Å². The maximum absolute atomic E-state index is 5.47. The van der Waals surface area contributed by atoms with Crippen LogP contribution in [0.15, 0.2) is 29.3 Å². The van der Waals surface area contributed by atoms with Gasteiger partial charge in [-0.15, -0.1) is 24.0 Å². The van der Waals surface area contributed by atoms with Crippen LogP contribution >= 0.6 is 35.7 Å².